The maximum Gasteiger partial charge on any atom is 0.311 e. The van der Waals surface area contributed by atoms with Gasteiger partial charge in [-0.1, -0.05) is 54.6 Å². The van der Waals surface area contributed by atoms with Crippen molar-refractivity contribution in [2.24, 2.45) is 5.92 Å². The maximum absolute atomic E-state index is 13.3. The lowest BCUT2D eigenvalue weighted by Gasteiger charge is -2.47. The fourth-order valence-electron chi connectivity index (χ4n) is 6.30. The van der Waals surface area contributed by atoms with E-state index in [9.17, 15) is 9.59 Å². The summed E-state index contributed by atoms with van der Waals surface area (Å²) in [7, 11) is 1.43. The number of carbonyl (C=O) groups is 2. The molecule has 6 nitrogen and oxygen atoms in total. The third-order valence-electron chi connectivity index (χ3n) is 8.21. The van der Waals surface area contributed by atoms with Gasteiger partial charge in [-0.05, 0) is 52.8 Å². The Balaban J connectivity index is 1.24. The number of likely N-dealkylation sites (tertiary alicyclic amines) is 2. The Morgan fingerprint density at radius 3 is 2.42 bits per heavy atom. The van der Waals surface area contributed by atoms with E-state index in [0.717, 1.165) is 48.9 Å². The van der Waals surface area contributed by atoms with E-state index in [-0.39, 0.29) is 18.3 Å². The molecule has 0 saturated carbocycles. The molecule has 1 atom stereocenters. The summed E-state index contributed by atoms with van der Waals surface area (Å²) in [5, 5.41) is 3.56. The second-order valence-corrected chi connectivity index (χ2v) is 10.2. The largest absolute Gasteiger partial charge is 0.469 e. The molecule has 2 saturated heterocycles. The minimum absolute atomic E-state index is 0.0441. The number of H-pyrrole nitrogens is 1. The zero-order valence-corrected chi connectivity index (χ0v) is 20.6. The van der Waals surface area contributed by atoms with Crippen LogP contribution in [-0.4, -0.2) is 52.4 Å². The zero-order chi connectivity index (χ0) is 24.7. The number of esters is 1. The van der Waals surface area contributed by atoms with Crippen LogP contribution in [0.15, 0.2) is 72.8 Å². The second kappa shape index (κ2) is 9.10. The van der Waals surface area contributed by atoms with Gasteiger partial charge in [-0.2, -0.15) is 0 Å². The summed E-state index contributed by atoms with van der Waals surface area (Å²) in [6.45, 7) is 2.99. The van der Waals surface area contributed by atoms with E-state index < -0.39 is 11.5 Å². The molecule has 3 aromatic carbocycles. The van der Waals surface area contributed by atoms with E-state index in [0.29, 0.717) is 6.54 Å². The van der Waals surface area contributed by atoms with Gasteiger partial charge in [-0.3, -0.25) is 14.5 Å². The number of para-hydroxylation sites is 1. The number of piperidine rings is 1. The van der Waals surface area contributed by atoms with Crippen LogP contribution in [0.1, 0.15) is 30.5 Å². The lowest BCUT2D eigenvalue weighted by Crippen LogP contribution is -2.57. The molecule has 0 bridgehead atoms. The number of methoxy groups -OCH3 is 1. The minimum atomic E-state index is -0.507. The van der Waals surface area contributed by atoms with Gasteiger partial charge in [-0.25, -0.2) is 0 Å². The Morgan fingerprint density at radius 2 is 1.67 bits per heavy atom. The van der Waals surface area contributed by atoms with Crippen molar-refractivity contribution < 1.29 is 14.3 Å². The van der Waals surface area contributed by atoms with Crippen molar-refractivity contribution in [3.8, 4) is 0 Å². The molecule has 1 unspecified atom stereocenters. The van der Waals surface area contributed by atoms with Crippen LogP contribution in [0.5, 0.6) is 0 Å². The molecular weight excluding hydrogens is 450 g/mol. The van der Waals surface area contributed by atoms with Gasteiger partial charge >= 0.3 is 5.97 Å². The van der Waals surface area contributed by atoms with Crippen LogP contribution in [-0.2, 0) is 27.4 Å². The molecule has 1 spiro atoms. The Morgan fingerprint density at radius 1 is 0.944 bits per heavy atom. The monoisotopic (exact) mass is 481 g/mol. The van der Waals surface area contributed by atoms with Crippen LogP contribution in [0, 0.1) is 5.92 Å². The average molecular weight is 482 g/mol. The van der Waals surface area contributed by atoms with Crippen molar-refractivity contribution in [2.45, 2.75) is 37.9 Å². The number of nitrogens with one attached hydrogen (secondary N) is 1. The summed E-state index contributed by atoms with van der Waals surface area (Å²) in [6.07, 6.45) is 1.74. The third-order valence-corrected chi connectivity index (χ3v) is 8.21. The predicted octanol–water partition coefficient (Wildman–Crippen LogP) is 4.88. The van der Waals surface area contributed by atoms with Crippen LogP contribution < -0.4 is 0 Å². The highest BCUT2D eigenvalue weighted by atomic mass is 16.5. The molecule has 0 radical (unpaired) electrons. The molecule has 6 rings (SSSR count). The standard InChI is InChI=1S/C30H31N3O3/c1-36-29(35)26-18-28(34)33(19-21-10-11-22-6-2-3-7-23(22)16-21)30(26)12-14-32(15-13-30)20-25-17-24-8-4-5-9-27(24)31-25/h2-11,16-17,26,31H,12-15,18-20H2,1H3. The molecule has 36 heavy (non-hydrogen) atoms. The predicted molar refractivity (Wildman–Crippen MR) is 140 cm³/mol. The van der Waals surface area contributed by atoms with Gasteiger partial charge in [0, 0.05) is 43.8 Å². The molecule has 3 heterocycles. The summed E-state index contributed by atoms with van der Waals surface area (Å²) in [5.41, 5.74) is 2.92. The summed E-state index contributed by atoms with van der Waals surface area (Å²) < 4.78 is 5.19. The van der Waals surface area contributed by atoms with Gasteiger partial charge in [0.25, 0.3) is 0 Å². The lowest BCUT2D eigenvalue weighted by atomic mass is 9.76. The molecule has 2 aliphatic rings. The van der Waals surface area contributed by atoms with Gasteiger partial charge in [0.2, 0.25) is 5.91 Å². The number of aromatic amines is 1. The summed E-state index contributed by atoms with van der Waals surface area (Å²) in [5.74, 6) is -0.651. The molecule has 1 aromatic heterocycles. The van der Waals surface area contributed by atoms with E-state index >= 15 is 0 Å². The van der Waals surface area contributed by atoms with Crippen molar-refractivity contribution in [1.29, 1.82) is 0 Å². The van der Waals surface area contributed by atoms with Gasteiger partial charge in [-0.15, -0.1) is 0 Å². The lowest BCUT2D eigenvalue weighted by molar-refractivity contribution is -0.150. The maximum atomic E-state index is 13.3. The van der Waals surface area contributed by atoms with Crippen molar-refractivity contribution >= 4 is 33.6 Å². The van der Waals surface area contributed by atoms with Crippen molar-refractivity contribution in [3.63, 3.8) is 0 Å². The van der Waals surface area contributed by atoms with Crippen LogP contribution in [0.3, 0.4) is 0 Å². The minimum Gasteiger partial charge on any atom is -0.469 e. The van der Waals surface area contributed by atoms with Gasteiger partial charge in [0.05, 0.1) is 18.6 Å². The fraction of sp³-hybridized carbons (Fsp3) is 0.333. The normalized spacial score (nSPS) is 20.0. The van der Waals surface area contributed by atoms with E-state index in [1.165, 1.54) is 23.6 Å². The van der Waals surface area contributed by atoms with Crippen molar-refractivity contribution in [2.75, 3.05) is 20.2 Å². The SMILES string of the molecule is COC(=O)C1CC(=O)N(Cc2ccc3ccccc3c2)C12CCN(Cc1cc3ccccc3[nH]1)CC2. The first-order chi connectivity index (χ1) is 17.6. The molecule has 4 aromatic rings. The van der Waals surface area contributed by atoms with Crippen LogP contribution in [0.4, 0.5) is 0 Å². The molecule has 0 aliphatic carbocycles. The molecule has 1 amide bonds. The van der Waals surface area contributed by atoms with E-state index in [1.54, 1.807) is 0 Å². The van der Waals surface area contributed by atoms with Crippen molar-refractivity contribution in [1.82, 2.24) is 14.8 Å². The van der Waals surface area contributed by atoms with Gasteiger partial charge in [0.1, 0.15) is 0 Å². The summed E-state index contributed by atoms with van der Waals surface area (Å²) in [4.78, 5) is 34.1. The number of aromatic nitrogens is 1. The number of nitrogens with zero attached hydrogens (tertiary/aromatic N) is 2. The highest BCUT2D eigenvalue weighted by molar-refractivity contribution is 5.89. The first-order valence-electron chi connectivity index (χ1n) is 12.7. The van der Waals surface area contributed by atoms with Crippen LogP contribution in [0.25, 0.3) is 21.7 Å². The van der Waals surface area contributed by atoms with Gasteiger partial charge < -0.3 is 14.6 Å². The van der Waals surface area contributed by atoms with E-state index in [4.69, 9.17) is 4.74 Å². The zero-order valence-electron chi connectivity index (χ0n) is 20.6. The fourth-order valence-corrected chi connectivity index (χ4v) is 6.30. The topological polar surface area (TPSA) is 65.6 Å². The Labute approximate surface area is 210 Å². The molecule has 184 valence electrons. The quantitative estimate of drug-likeness (QED) is 0.413. The summed E-state index contributed by atoms with van der Waals surface area (Å²) in [6, 6.07) is 25.2. The number of carbonyl (C=O) groups excluding carboxylic acids is 2. The highest BCUT2D eigenvalue weighted by Crippen LogP contribution is 2.45. The van der Waals surface area contributed by atoms with E-state index in [1.807, 2.05) is 23.1 Å². The third kappa shape index (κ3) is 3.95. The number of amides is 1. The molecule has 1 N–H and O–H groups in total. The summed E-state index contributed by atoms with van der Waals surface area (Å²) >= 11 is 0. The Kier molecular flexibility index (Phi) is 5.76. The number of rotatable bonds is 5. The number of benzene rings is 3. The first kappa shape index (κ1) is 22.8. The van der Waals surface area contributed by atoms with Crippen LogP contribution in [0.2, 0.25) is 0 Å². The molecule has 6 heteroatoms. The van der Waals surface area contributed by atoms with Crippen LogP contribution >= 0.6 is 0 Å². The van der Waals surface area contributed by atoms with Gasteiger partial charge in [0.15, 0.2) is 0 Å². The number of hydrogen-bond acceptors (Lipinski definition) is 4. The average Bonchev–Trinajstić information content (AvgIpc) is 3.43. The smallest absolute Gasteiger partial charge is 0.311 e. The molecular formula is C30H31N3O3. The highest BCUT2D eigenvalue weighted by Gasteiger charge is 2.56. The molecule has 2 aliphatic heterocycles. The van der Waals surface area contributed by atoms with E-state index in [2.05, 4.69) is 64.5 Å². The Hall–Kier alpha value is -3.64. The number of fused-ring (bicyclic) bond motifs is 2. The molecule has 2 fully saturated rings. The second-order valence-electron chi connectivity index (χ2n) is 10.2. The van der Waals surface area contributed by atoms with Crippen molar-refractivity contribution in [3.05, 3.63) is 84.1 Å². The number of hydrogen-bond donors (Lipinski definition) is 1. The number of ether oxygens (including phenoxy) is 1. The Bertz CT molecular complexity index is 1400. The first-order valence-corrected chi connectivity index (χ1v) is 12.7.